The Bertz CT molecular complexity index is 737. The van der Waals surface area contributed by atoms with Gasteiger partial charge in [0.15, 0.2) is 6.29 Å². The van der Waals surface area contributed by atoms with Crippen LogP contribution >= 0.6 is 0 Å². The van der Waals surface area contributed by atoms with E-state index in [9.17, 15) is 9.90 Å². The fourth-order valence-corrected chi connectivity index (χ4v) is 7.68. The number of hydrogen-bond acceptors (Lipinski definition) is 5. The first-order chi connectivity index (χ1) is 15.3. The number of Topliss-reactive ketones (excluding diaryl/α,β-unsaturated/α-hetero) is 1. The number of hydrogen-bond donors (Lipinski definition) is 2. The van der Waals surface area contributed by atoms with Crippen LogP contribution < -0.4 is 0 Å². The number of fused-ring (bicyclic) bond motifs is 5. The summed E-state index contributed by atoms with van der Waals surface area (Å²) in [6, 6.07) is 0. The van der Waals surface area contributed by atoms with Crippen LogP contribution in [0, 0.1) is 28.6 Å². The number of carbonyl (C=O) groups is 2. The molecule has 4 aliphatic carbocycles. The molecule has 5 rings (SSSR count). The standard InChI is InChI=1S/C24H36O4.C2H4O2/c1-23-12-11-20-18(19(23)9-10-21(23)26)8-6-16-5-7-17(14-24(16,20)15-25)28-22-4-2-3-13-27-22;1-2(3)4/h6,17-20,22,25H,2-5,7-15H2,1H3;1H3,(H,3,4)/t17?,18?,19?,20?,22?,23-,24+;/m0./s1. The van der Waals surface area contributed by atoms with Gasteiger partial charge in [-0.25, -0.2) is 0 Å². The molecule has 0 radical (unpaired) electrons. The molecular formula is C26H40O6. The number of carboxylic acid groups (broad SMARTS) is 1. The quantitative estimate of drug-likeness (QED) is 0.618. The average molecular weight is 449 g/mol. The highest BCUT2D eigenvalue weighted by Gasteiger charge is 2.60. The molecule has 5 aliphatic rings. The molecule has 5 unspecified atom stereocenters. The van der Waals surface area contributed by atoms with Crippen LogP contribution in [-0.2, 0) is 19.1 Å². The number of allylic oxidation sites excluding steroid dienone is 1. The van der Waals surface area contributed by atoms with Crippen LogP contribution in [0.4, 0.5) is 0 Å². The lowest BCUT2D eigenvalue weighted by molar-refractivity contribution is -0.204. The Morgan fingerprint density at radius 3 is 2.66 bits per heavy atom. The van der Waals surface area contributed by atoms with Crippen LogP contribution in [0.15, 0.2) is 11.6 Å². The van der Waals surface area contributed by atoms with Gasteiger partial charge in [0.1, 0.15) is 5.78 Å². The topological polar surface area (TPSA) is 93.1 Å². The van der Waals surface area contributed by atoms with E-state index in [1.54, 1.807) is 0 Å². The molecule has 0 amide bonds. The lowest BCUT2D eigenvalue weighted by atomic mass is 9.47. The van der Waals surface area contributed by atoms with Crippen LogP contribution in [0.25, 0.3) is 0 Å². The molecule has 0 spiro atoms. The third-order valence-electron chi connectivity index (χ3n) is 9.22. The van der Waals surface area contributed by atoms with Gasteiger partial charge in [-0.1, -0.05) is 18.6 Å². The van der Waals surface area contributed by atoms with Gasteiger partial charge in [-0.2, -0.15) is 0 Å². The third-order valence-corrected chi connectivity index (χ3v) is 9.22. The van der Waals surface area contributed by atoms with E-state index in [2.05, 4.69) is 13.0 Å². The zero-order chi connectivity index (χ0) is 22.9. The van der Waals surface area contributed by atoms with E-state index < -0.39 is 5.97 Å². The van der Waals surface area contributed by atoms with Crippen molar-refractivity contribution in [3.05, 3.63) is 11.6 Å². The molecule has 0 aromatic carbocycles. The van der Waals surface area contributed by atoms with Gasteiger partial charge in [-0.3, -0.25) is 9.59 Å². The van der Waals surface area contributed by atoms with Crippen molar-refractivity contribution >= 4 is 11.8 Å². The maximum Gasteiger partial charge on any atom is 0.300 e. The predicted octanol–water partition coefficient (Wildman–Crippen LogP) is 4.49. The largest absolute Gasteiger partial charge is 0.481 e. The number of carboxylic acids is 1. The minimum absolute atomic E-state index is 0.0542. The summed E-state index contributed by atoms with van der Waals surface area (Å²) in [5.74, 6) is 1.21. The van der Waals surface area contributed by atoms with Crippen molar-refractivity contribution in [2.75, 3.05) is 13.2 Å². The molecule has 7 atom stereocenters. The van der Waals surface area contributed by atoms with Crippen molar-refractivity contribution in [2.45, 2.75) is 96.9 Å². The van der Waals surface area contributed by atoms with Crippen LogP contribution in [0.1, 0.15) is 84.5 Å². The van der Waals surface area contributed by atoms with Gasteiger partial charge >= 0.3 is 0 Å². The number of ether oxygens (including phenoxy) is 2. The van der Waals surface area contributed by atoms with Crippen molar-refractivity contribution in [3.63, 3.8) is 0 Å². The molecule has 0 aromatic rings. The summed E-state index contributed by atoms with van der Waals surface area (Å²) in [4.78, 5) is 21.6. The third kappa shape index (κ3) is 4.30. The summed E-state index contributed by atoms with van der Waals surface area (Å²) in [6.45, 7) is 4.34. The van der Waals surface area contributed by atoms with Gasteiger partial charge in [-0.15, -0.1) is 0 Å². The number of aliphatic carboxylic acids is 1. The SMILES string of the molecule is CC(=O)O.C[C@]12CCC3C(CC=C4CCC(OC5CCCCO5)C[C@@]43CO)C1CCC2=O. The normalized spacial score (nSPS) is 43.2. The summed E-state index contributed by atoms with van der Waals surface area (Å²) in [5.41, 5.74) is 1.24. The minimum atomic E-state index is -0.833. The monoisotopic (exact) mass is 448 g/mol. The van der Waals surface area contributed by atoms with E-state index in [-0.39, 0.29) is 29.8 Å². The van der Waals surface area contributed by atoms with Gasteiger partial charge in [0.2, 0.25) is 0 Å². The highest BCUT2D eigenvalue weighted by Crippen LogP contribution is 2.64. The summed E-state index contributed by atoms with van der Waals surface area (Å²) >= 11 is 0. The number of carbonyl (C=O) groups excluding carboxylic acids is 1. The lowest BCUT2D eigenvalue weighted by Gasteiger charge is -2.57. The molecule has 1 saturated heterocycles. The Labute approximate surface area is 191 Å². The van der Waals surface area contributed by atoms with E-state index >= 15 is 0 Å². The van der Waals surface area contributed by atoms with Crippen LogP contribution in [-0.4, -0.2) is 47.6 Å². The van der Waals surface area contributed by atoms with Gasteiger partial charge in [0, 0.05) is 30.8 Å². The Morgan fingerprint density at radius 2 is 1.97 bits per heavy atom. The first-order valence-corrected chi connectivity index (χ1v) is 12.6. The second-order valence-electron chi connectivity index (χ2n) is 10.9. The molecule has 6 nitrogen and oxygen atoms in total. The first kappa shape index (κ1) is 23.9. The maximum absolute atomic E-state index is 12.6. The zero-order valence-corrected chi connectivity index (χ0v) is 19.7. The zero-order valence-electron chi connectivity index (χ0n) is 19.7. The van der Waals surface area contributed by atoms with Crippen molar-refractivity contribution in [3.8, 4) is 0 Å². The molecule has 0 aromatic heterocycles. The van der Waals surface area contributed by atoms with Crippen molar-refractivity contribution in [2.24, 2.45) is 28.6 Å². The van der Waals surface area contributed by atoms with Crippen LogP contribution in [0.5, 0.6) is 0 Å². The number of rotatable bonds is 3. The first-order valence-electron chi connectivity index (χ1n) is 12.6. The molecule has 3 saturated carbocycles. The van der Waals surface area contributed by atoms with Crippen molar-refractivity contribution in [1.82, 2.24) is 0 Å². The van der Waals surface area contributed by atoms with Gasteiger partial charge in [0.05, 0.1) is 12.7 Å². The van der Waals surface area contributed by atoms with Crippen LogP contribution in [0.3, 0.4) is 0 Å². The van der Waals surface area contributed by atoms with E-state index in [1.807, 2.05) is 0 Å². The van der Waals surface area contributed by atoms with E-state index in [0.717, 1.165) is 77.7 Å². The molecule has 180 valence electrons. The van der Waals surface area contributed by atoms with E-state index in [0.29, 0.717) is 23.5 Å². The smallest absolute Gasteiger partial charge is 0.300 e. The second kappa shape index (κ2) is 9.55. The molecule has 6 heteroatoms. The summed E-state index contributed by atoms with van der Waals surface area (Å²) in [7, 11) is 0. The molecule has 2 N–H and O–H groups in total. The predicted molar refractivity (Wildman–Crippen MR) is 120 cm³/mol. The highest BCUT2D eigenvalue weighted by molar-refractivity contribution is 5.87. The van der Waals surface area contributed by atoms with E-state index in [1.165, 1.54) is 12.0 Å². The fraction of sp³-hybridized carbons (Fsp3) is 0.846. The number of aliphatic hydroxyl groups excluding tert-OH is 1. The van der Waals surface area contributed by atoms with Crippen molar-refractivity contribution < 1.29 is 29.3 Å². The van der Waals surface area contributed by atoms with Gasteiger partial charge in [-0.05, 0) is 82.0 Å². The highest BCUT2D eigenvalue weighted by atomic mass is 16.7. The molecule has 32 heavy (non-hydrogen) atoms. The molecule has 1 aliphatic heterocycles. The molecule has 1 heterocycles. The number of ketones is 1. The Hall–Kier alpha value is -1.24. The van der Waals surface area contributed by atoms with E-state index in [4.69, 9.17) is 19.4 Å². The lowest BCUT2D eigenvalue weighted by Crippen LogP contribution is -2.54. The summed E-state index contributed by atoms with van der Waals surface area (Å²) < 4.78 is 12.2. The summed E-state index contributed by atoms with van der Waals surface area (Å²) in [5, 5.41) is 18.1. The van der Waals surface area contributed by atoms with Crippen LogP contribution in [0.2, 0.25) is 0 Å². The second-order valence-corrected chi connectivity index (χ2v) is 10.9. The Balaban J connectivity index is 0.000000567. The Kier molecular flexibility index (Phi) is 7.14. The van der Waals surface area contributed by atoms with Gasteiger partial charge in [0.25, 0.3) is 5.97 Å². The fourth-order valence-electron chi connectivity index (χ4n) is 7.68. The maximum atomic E-state index is 12.6. The number of aliphatic hydroxyl groups is 1. The average Bonchev–Trinajstić information content (AvgIpc) is 3.08. The minimum Gasteiger partial charge on any atom is -0.481 e. The molecule has 0 bridgehead atoms. The molecular weight excluding hydrogens is 408 g/mol. The molecule has 4 fully saturated rings. The Morgan fingerprint density at radius 1 is 1.19 bits per heavy atom. The van der Waals surface area contributed by atoms with Gasteiger partial charge < -0.3 is 19.7 Å². The van der Waals surface area contributed by atoms with Crippen molar-refractivity contribution in [1.29, 1.82) is 0 Å². The summed E-state index contributed by atoms with van der Waals surface area (Å²) in [6.07, 6.45) is 13.9.